The lowest BCUT2D eigenvalue weighted by molar-refractivity contribution is -0.146. The zero-order chi connectivity index (χ0) is 13.9. The summed E-state index contributed by atoms with van der Waals surface area (Å²) in [5.41, 5.74) is 4.82. The van der Waals surface area contributed by atoms with E-state index in [9.17, 15) is 9.59 Å². The average molecular weight is 258 g/mol. The number of ether oxygens (including phenoxy) is 1. The first-order valence-corrected chi connectivity index (χ1v) is 6.19. The summed E-state index contributed by atoms with van der Waals surface area (Å²) < 4.78 is 5.21. The van der Waals surface area contributed by atoms with E-state index in [4.69, 9.17) is 15.6 Å². The van der Waals surface area contributed by atoms with Gasteiger partial charge in [0.1, 0.15) is 5.92 Å². The zero-order valence-electron chi connectivity index (χ0n) is 11.2. The summed E-state index contributed by atoms with van der Waals surface area (Å²) >= 11 is 0. The Morgan fingerprint density at radius 1 is 1.44 bits per heavy atom. The van der Waals surface area contributed by atoms with Crippen LogP contribution in [0.2, 0.25) is 0 Å². The summed E-state index contributed by atoms with van der Waals surface area (Å²) in [6.45, 7) is 6.11. The van der Waals surface area contributed by atoms with Crippen LogP contribution in [-0.2, 0) is 14.3 Å². The van der Waals surface area contributed by atoms with E-state index in [0.717, 1.165) is 6.42 Å². The van der Waals surface area contributed by atoms with Crippen LogP contribution in [0.1, 0.15) is 27.2 Å². The number of rotatable bonds is 5. The third-order valence-corrected chi connectivity index (χ3v) is 3.04. The van der Waals surface area contributed by atoms with E-state index >= 15 is 0 Å². The second kappa shape index (κ2) is 5.67. The third kappa shape index (κ3) is 3.20. The van der Waals surface area contributed by atoms with E-state index in [2.05, 4.69) is 0 Å². The summed E-state index contributed by atoms with van der Waals surface area (Å²) in [6.07, 6.45) is 0.755. The highest BCUT2D eigenvalue weighted by atomic mass is 16.5. The number of aliphatic carboxylic acids is 1. The molecule has 0 spiro atoms. The van der Waals surface area contributed by atoms with Gasteiger partial charge in [0.15, 0.2) is 0 Å². The molecule has 0 aliphatic carbocycles. The van der Waals surface area contributed by atoms with Crippen LogP contribution in [0.5, 0.6) is 0 Å². The maximum Gasteiger partial charge on any atom is 0.311 e. The summed E-state index contributed by atoms with van der Waals surface area (Å²) in [4.78, 5) is 25.0. The Labute approximate surface area is 107 Å². The van der Waals surface area contributed by atoms with Crippen molar-refractivity contribution in [2.45, 2.75) is 38.8 Å². The van der Waals surface area contributed by atoms with Crippen molar-refractivity contribution in [3.63, 3.8) is 0 Å². The Hall–Kier alpha value is -1.14. The van der Waals surface area contributed by atoms with E-state index in [-0.39, 0.29) is 19.1 Å². The Balaban J connectivity index is 2.91. The van der Waals surface area contributed by atoms with E-state index in [1.54, 1.807) is 18.7 Å². The number of carboxylic acid groups (broad SMARTS) is 1. The van der Waals surface area contributed by atoms with Crippen molar-refractivity contribution >= 4 is 11.9 Å². The summed E-state index contributed by atoms with van der Waals surface area (Å²) in [6, 6.07) is -0.419. The van der Waals surface area contributed by atoms with Gasteiger partial charge in [0.05, 0.1) is 24.8 Å². The number of carboxylic acids is 1. The summed E-state index contributed by atoms with van der Waals surface area (Å²) in [5.74, 6) is -1.82. The number of nitrogens with two attached hydrogens (primary N) is 1. The highest BCUT2D eigenvalue weighted by Gasteiger charge is 2.42. The summed E-state index contributed by atoms with van der Waals surface area (Å²) in [5, 5.41) is 9.14. The lowest BCUT2D eigenvalue weighted by Gasteiger charge is -2.34. The van der Waals surface area contributed by atoms with E-state index in [0.29, 0.717) is 6.54 Å². The number of carbonyl (C=O) groups excluding carboxylic acids is 1. The highest BCUT2D eigenvalue weighted by Crippen LogP contribution is 2.22. The van der Waals surface area contributed by atoms with Gasteiger partial charge in [0, 0.05) is 6.54 Å². The molecule has 18 heavy (non-hydrogen) atoms. The maximum absolute atomic E-state index is 12.3. The van der Waals surface area contributed by atoms with Crippen molar-refractivity contribution in [1.29, 1.82) is 0 Å². The molecule has 1 rings (SSSR count). The van der Waals surface area contributed by atoms with Gasteiger partial charge < -0.3 is 20.5 Å². The molecule has 6 nitrogen and oxygen atoms in total. The fourth-order valence-electron chi connectivity index (χ4n) is 2.12. The van der Waals surface area contributed by atoms with Crippen LogP contribution in [0.15, 0.2) is 0 Å². The van der Waals surface area contributed by atoms with Crippen LogP contribution in [0.4, 0.5) is 0 Å². The van der Waals surface area contributed by atoms with Crippen LogP contribution in [0.25, 0.3) is 0 Å². The number of amides is 1. The lowest BCUT2D eigenvalue weighted by atomic mass is 9.98. The van der Waals surface area contributed by atoms with Gasteiger partial charge in [-0.05, 0) is 20.3 Å². The first kappa shape index (κ1) is 14.9. The summed E-state index contributed by atoms with van der Waals surface area (Å²) in [7, 11) is 0. The number of hydrogen-bond acceptors (Lipinski definition) is 4. The van der Waals surface area contributed by atoms with E-state index in [1.165, 1.54) is 0 Å². The molecule has 0 aromatic rings. The maximum atomic E-state index is 12.3. The quantitative estimate of drug-likeness (QED) is 0.727. The number of nitrogens with zero attached hydrogens (tertiary/aromatic N) is 1. The predicted octanol–water partition coefficient (Wildman–Crippen LogP) is 0.0619. The van der Waals surface area contributed by atoms with Gasteiger partial charge in [-0.3, -0.25) is 9.59 Å². The molecular formula is C12H22N2O4. The van der Waals surface area contributed by atoms with Gasteiger partial charge in [-0.25, -0.2) is 0 Å². The lowest BCUT2D eigenvalue weighted by Crippen LogP contribution is -2.57. The number of hydrogen-bond donors (Lipinski definition) is 2. The van der Waals surface area contributed by atoms with Crippen LogP contribution in [0.3, 0.4) is 0 Å². The third-order valence-electron chi connectivity index (χ3n) is 3.04. The minimum atomic E-state index is -0.999. The molecule has 0 aromatic heterocycles. The Kier molecular flexibility index (Phi) is 4.70. The molecule has 1 aliphatic heterocycles. The fraction of sp³-hybridized carbons (Fsp3) is 0.833. The van der Waals surface area contributed by atoms with Crippen molar-refractivity contribution in [2.24, 2.45) is 11.7 Å². The van der Waals surface area contributed by atoms with Gasteiger partial charge in [0.2, 0.25) is 5.91 Å². The van der Waals surface area contributed by atoms with Gasteiger partial charge >= 0.3 is 5.97 Å². The molecule has 1 amide bonds. The molecule has 2 atom stereocenters. The molecule has 3 N–H and O–H groups in total. The van der Waals surface area contributed by atoms with Crippen LogP contribution in [0, 0.1) is 5.92 Å². The van der Waals surface area contributed by atoms with Gasteiger partial charge in [-0.2, -0.15) is 0 Å². The minimum absolute atomic E-state index is 0.151. The second-order valence-electron chi connectivity index (χ2n) is 5.27. The van der Waals surface area contributed by atoms with Crippen molar-refractivity contribution in [3.8, 4) is 0 Å². The van der Waals surface area contributed by atoms with Crippen LogP contribution >= 0.6 is 0 Å². The largest absolute Gasteiger partial charge is 0.481 e. The molecule has 1 heterocycles. The molecule has 1 aliphatic rings. The minimum Gasteiger partial charge on any atom is -0.481 e. The SMILES string of the molecule is CCCN(C(=O)C(C)(C)N)C1COCC1C(=O)O. The average Bonchev–Trinajstić information content (AvgIpc) is 2.72. The molecule has 2 unspecified atom stereocenters. The van der Waals surface area contributed by atoms with Gasteiger partial charge in [-0.15, -0.1) is 0 Å². The normalized spacial score (nSPS) is 24.0. The molecule has 0 bridgehead atoms. The van der Waals surface area contributed by atoms with Crippen molar-refractivity contribution < 1.29 is 19.4 Å². The monoisotopic (exact) mass is 258 g/mol. The second-order valence-corrected chi connectivity index (χ2v) is 5.27. The van der Waals surface area contributed by atoms with Crippen molar-refractivity contribution in [3.05, 3.63) is 0 Å². The Morgan fingerprint density at radius 3 is 2.50 bits per heavy atom. The predicted molar refractivity (Wildman–Crippen MR) is 66.0 cm³/mol. The molecule has 0 saturated carbocycles. The molecule has 6 heteroatoms. The molecule has 1 fully saturated rings. The van der Waals surface area contributed by atoms with Crippen LogP contribution < -0.4 is 5.73 Å². The zero-order valence-corrected chi connectivity index (χ0v) is 11.2. The van der Waals surface area contributed by atoms with Gasteiger partial charge in [0.25, 0.3) is 0 Å². The molecule has 0 radical (unpaired) electrons. The number of carbonyl (C=O) groups is 2. The topological polar surface area (TPSA) is 92.9 Å². The molecule has 0 aromatic carbocycles. The van der Waals surface area contributed by atoms with Crippen LogP contribution in [-0.4, -0.2) is 53.2 Å². The Morgan fingerprint density at radius 2 is 2.06 bits per heavy atom. The first-order chi connectivity index (χ1) is 8.29. The molecular weight excluding hydrogens is 236 g/mol. The standard InChI is InChI=1S/C12H22N2O4/c1-4-5-14(11(17)12(2,3)13)9-7-18-6-8(9)10(15)16/h8-9H,4-7,13H2,1-3H3,(H,15,16). The highest BCUT2D eigenvalue weighted by molar-refractivity contribution is 5.86. The smallest absolute Gasteiger partial charge is 0.311 e. The molecule has 1 saturated heterocycles. The van der Waals surface area contributed by atoms with E-state index < -0.39 is 23.5 Å². The van der Waals surface area contributed by atoms with E-state index in [1.807, 2.05) is 6.92 Å². The molecule has 104 valence electrons. The Bertz CT molecular complexity index is 325. The van der Waals surface area contributed by atoms with Crippen molar-refractivity contribution in [2.75, 3.05) is 19.8 Å². The van der Waals surface area contributed by atoms with Crippen molar-refractivity contribution in [1.82, 2.24) is 4.90 Å². The fourth-order valence-corrected chi connectivity index (χ4v) is 2.12. The first-order valence-electron chi connectivity index (χ1n) is 6.19. The van der Waals surface area contributed by atoms with Gasteiger partial charge in [-0.1, -0.05) is 6.92 Å².